The fourth-order valence-electron chi connectivity index (χ4n) is 1.23. The average Bonchev–Trinajstić information content (AvgIpc) is 2.82. The number of amides is 1. The molecule has 0 aliphatic heterocycles. The summed E-state index contributed by atoms with van der Waals surface area (Å²) in [5, 5.41) is 4.54. The Hall–Kier alpha value is -1.96. The van der Waals surface area contributed by atoms with Crippen molar-refractivity contribution in [3.63, 3.8) is 0 Å². The van der Waals surface area contributed by atoms with Crippen LogP contribution < -0.4 is 11.5 Å². The molecule has 7 nitrogen and oxygen atoms in total. The van der Waals surface area contributed by atoms with Gasteiger partial charge in [0.25, 0.3) is 5.91 Å². The van der Waals surface area contributed by atoms with Gasteiger partial charge >= 0.3 is 0 Å². The standard InChI is InChI=1S/C9H12N6OS/c1-4(2)8-12-9(17-14-8)15-3-5(10)6(13-15)7(11)16/h3-4H,10H2,1-2H3,(H2,11,16). The summed E-state index contributed by atoms with van der Waals surface area (Å²) >= 11 is 1.20. The van der Waals surface area contributed by atoms with Crippen LogP contribution in [0.1, 0.15) is 36.1 Å². The summed E-state index contributed by atoms with van der Waals surface area (Å²) in [6, 6.07) is 0. The number of hydrogen-bond donors (Lipinski definition) is 2. The third-order valence-corrected chi connectivity index (χ3v) is 2.84. The molecule has 90 valence electrons. The van der Waals surface area contributed by atoms with Gasteiger partial charge in [-0.3, -0.25) is 4.79 Å². The second-order valence-electron chi connectivity index (χ2n) is 3.83. The molecule has 1 amide bonds. The Labute approximate surface area is 102 Å². The van der Waals surface area contributed by atoms with Gasteiger partial charge in [0.2, 0.25) is 5.13 Å². The van der Waals surface area contributed by atoms with E-state index < -0.39 is 5.91 Å². The van der Waals surface area contributed by atoms with Gasteiger partial charge in [0.15, 0.2) is 5.69 Å². The molecule has 0 radical (unpaired) electrons. The first-order chi connectivity index (χ1) is 7.99. The lowest BCUT2D eigenvalue weighted by atomic mass is 10.2. The van der Waals surface area contributed by atoms with Crippen LogP contribution in [0.25, 0.3) is 5.13 Å². The topological polar surface area (TPSA) is 113 Å². The quantitative estimate of drug-likeness (QED) is 0.827. The lowest BCUT2D eigenvalue weighted by Crippen LogP contribution is -2.14. The molecule has 0 saturated carbocycles. The second-order valence-corrected chi connectivity index (χ2v) is 4.56. The first kappa shape index (κ1) is 11.5. The maximum absolute atomic E-state index is 11.0. The van der Waals surface area contributed by atoms with Crippen molar-refractivity contribution in [3.8, 4) is 5.13 Å². The van der Waals surface area contributed by atoms with Crippen molar-refractivity contribution in [3.05, 3.63) is 17.7 Å². The molecule has 2 aromatic rings. The van der Waals surface area contributed by atoms with E-state index in [1.165, 1.54) is 22.4 Å². The van der Waals surface area contributed by atoms with Gasteiger partial charge < -0.3 is 11.5 Å². The number of carbonyl (C=O) groups is 1. The highest BCUT2D eigenvalue weighted by molar-refractivity contribution is 7.08. The SMILES string of the molecule is CC(C)c1nsc(-n2cc(N)c(C(N)=O)n2)n1. The summed E-state index contributed by atoms with van der Waals surface area (Å²) in [4.78, 5) is 15.3. The van der Waals surface area contributed by atoms with E-state index in [9.17, 15) is 4.79 Å². The Kier molecular flexibility index (Phi) is 2.80. The first-order valence-corrected chi connectivity index (χ1v) is 5.75. The number of hydrogen-bond acceptors (Lipinski definition) is 6. The summed E-state index contributed by atoms with van der Waals surface area (Å²) in [7, 11) is 0. The van der Waals surface area contributed by atoms with Gasteiger partial charge in [-0.05, 0) is 0 Å². The minimum atomic E-state index is -0.658. The molecule has 17 heavy (non-hydrogen) atoms. The van der Waals surface area contributed by atoms with E-state index >= 15 is 0 Å². The zero-order valence-corrected chi connectivity index (χ0v) is 10.2. The lowest BCUT2D eigenvalue weighted by molar-refractivity contribution is 0.0996. The fourth-order valence-corrected chi connectivity index (χ4v) is 1.97. The maximum atomic E-state index is 11.0. The zero-order chi connectivity index (χ0) is 12.6. The lowest BCUT2D eigenvalue weighted by Gasteiger charge is -1.95. The van der Waals surface area contributed by atoms with Crippen LogP contribution in [-0.4, -0.2) is 25.0 Å². The molecule has 2 aromatic heterocycles. The third-order valence-electron chi connectivity index (χ3n) is 2.12. The molecule has 0 fully saturated rings. The number of nitrogen functional groups attached to an aromatic ring is 1. The molecular weight excluding hydrogens is 240 g/mol. The molecular formula is C9H12N6OS. The van der Waals surface area contributed by atoms with Crippen molar-refractivity contribution in [2.45, 2.75) is 19.8 Å². The van der Waals surface area contributed by atoms with Crippen molar-refractivity contribution in [2.75, 3.05) is 5.73 Å². The molecule has 0 spiro atoms. The third kappa shape index (κ3) is 2.11. The van der Waals surface area contributed by atoms with Gasteiger partial charge in [-0.15, -0.1) is 0 Å². The monoisotopic (exact) mass is 252 g/mol. The molecule has 0 atom stereocenters. The molecule has 8 heteroatoms. The minimum Gasteiger partial charge on any atom is -0.396 e. The highest BCUT2D eigenvalue weighted by Gasteiger charge is 2.15. The minimum absolute atomic E-state index is 0.0475. The second kappa shape index (κ2) is 4.13. The van der Waals surface area contributed by atoms with E-state index in [1.54, 1.807) is 0 Å². The Morgan fingerprint density at radius 3 is 2.71 bits per heavy atom. The summed E-state index contributed by atoms with van der Waals surface area (Å²) in [5.74, 6) is 0.318. The molecule has 0 unspecified atom stereocenters. The predicted molar refractivity (Wildman–Crippen MR) is 64.1 cm³/mol. The van der Waals surface area contributed by atoms with E-state index in [0.29, 0.717) is 5.13 Å². The van der Waals surface area contributed by atoms with Crippen molar-refractivity contribution in [1.29, 1.82) is 0 Å². The highest BCUT2D eigenvalue weighted by Crippen LogP contribution is 2.18. The van der Waals surface area contributed by atoms with E-state index in [2.05, 4.69) is 14.5 Å². The molecule has 4 N–H and O–H groups in total. The number of carbonyl (C=O) groups excluding carboxylic acids is 1. The van der Waals surface area contributed by atoms with Crippen LogP contribution in [0.3, 0.4) is 0 Å². The largest absolute Gasteiger partial charge is 0.396 e. The Morgan fingerprint density at radius 2 is 2.24 bits per heavy atom. The Balaban J connectivity index is 2.39. The fraction of sp³-hybridized carbons (Fsp3) is 0.333. The average molecular weight is 252 g/mol. The van der Waals surface area contributed by atoms with Gasteiger partial charge in [0.1, 0.15) is 5.82 Å². The van der Waals surface area contributed by atoms with Gasteiger partial charge in [-0.2, -0.15) is 9.47 Å². The number of primary amides is 1. The van der Waals surface area contributed by atoms with Crippen LogP contribution in [0.5, 0.6) is 0 Å². The van der Waals surface area contributed by atoms with Crippen LogP contribution in [0.2, 0.25) is 0 Å². The molecule has 0 aliphatic rings. The summed E-state index contributed by atoms with van der Waals surface area (Å²) < 4.78 is 5.60. The molecule has 0 aromatic carbocycles. The Bertz CT molecular complexity index is 558. The number of nitrogens with two attached hydrogens (primary N) is 2. The van der Waals surface area contributed by atoms with Crippen molar-refractivity contribution in [2.24, 2.45) is 5.73 Å². The van der Waals surface area contributed by atoms with E-state index in [4.69, 9.17) is 11.5 Å². The molecule has 0 saturated heterocycles. The van der Waals surface area contributed by atoms with Gasteiger partial charge in [0.05, 0.1) is 11.9 Å². The zero-order valence-electron chi connectivity index (χ0n) is 9.41. The molecule has 2 heterocycles. The van der Waals surface area contributed by atoms with Crippen molar-refractivity contribution >= 4 is 23.1 Å². The number of nitrogens with zero attached hydrogens (tertiary/aromatic N) is 4. The van der Waals surface area contributed by atoms with Crippen LogP contribution in [0.4, 0.5) is 5.69 Å². The Morgan fingerprint density at radius 1 is 1.53 bits per heavy atom. The molecule has 2 rings (SSSR count). The highest BCUT2D eigenvalue weighted by atomic mass is 32.1. The van der Waals surface area contributed by atoms with Crippen molar-refractivity contribution < 1.29 is 4.79 Å². The van der Waals surface area contributed by atoms with E-state index in [-0.39, 0.29) is 17.3 Å². The molecule has 0 bridgehead atoms. The van der Waals surface area contributed by atoms with Crippen LogP contribution in [-0.2, 0) is 0 Å². The maximum Gasteiger partial charge on any atom is 0.271 e. The van der Waals surface area contributed by atoms with E-state index in [0.717, 1.165) is 5.82 Å². The predicted octanol–water partition coefficient (Wildman–Crippen LogP) is 0.528. The number of aromatic nitrogens is 4. The summed E-state index contributed by atoms with van der Waals surface area (Å²) in [6.45, 7) is 4.00. The first-order valence-electron chi connectivity index (χ1n) is 4.98. The van der Waals surface area contributed by atoms with Gasteiger partial charge in [0, 0.05) is 17.5 Å². The van der Waals surface area contributed by atoms with Crippen molar-refractivity contribution in [1.82, 2.24) is 19.1 Å². The van der Waals surface area contributed by atoms with Gasteiger partial charge in [-0.1, -0.05) is 13.8 Å². The number of anilines is 1. The van der Waals surface area contributed by atoms with Crippen LogP contribution >= 0.6 is 11.5 Å². The van der Waals surface area contributed by atoms with E-state index in [1.807, 2.05) is 13.8 Å². The van der Waals surface area contributed by atoms with Crippen LogP contribution in [0.15, 0.2) is 6.20 Å². The summed E-state index contributed by atoms with van der Waals surface area (Å²) in [6.07, 6.45) is 1.50. The smallest absolute Gasteiger partial charge is 0.271 e. The summed E-state index contributed by atoms with van der Waals surface area (Å²) in [5.41, 5.74) is 11.0. The normalized spacial score (nSPS) is 11.0. The molecule has 0 aliphatic carbocycles. The van der Waals surface area contributed by atoms with Crippen LogP contribution in [0, 0.1) is 0 Å². The number of rotatable bonds is 3. The van der Waals surface area contributed by atoms with Gasteiger partial charge in [-0.25, -0.2) is 9.67 Å².